The summed E-state index contributed by atoms with van der Waals surface area (Å²) in [4.78, 5) is 30.0. The Morgan fingerprint density at radius 2 is 2.00 bits per heavy atom. The number of nitrogens with one attached hydrogen (secondary N) is 1. The summed E-state index contributed by atoms with van der Waals surface area (Å²) in [5.74, 6) is 0.539. The molecule has 1 N–H and O–H groups in total. The highest BCUT2D eigenvalue weighted by molar-refractivity contribution is 8.00. The fourth-order valence-electron chi connectivity index (χ4n) is 2.66. The number of anilines is 1. The second kappa shape index (κ2) is 8.75. The number of aromatic nitrogens is 2. The van der Waals surface area contributed by atoms with Crippen molar-refractivity contribution in [3.8, 4) is 5.75 Å². The molecule has 3 aromatic rings. The number of ether oxygens (including phenoxy) is 1. The Morgan fingerprint density at radius 3 is 2.68 bits per heavy atom. The van der Waals surface area contributed by atoms with E-state index in [9.17, 15) is 9.59 Å². The van der Waals surface area contributed by atoms with Crippen molar-refractivity contribution in [1.29, 1.82) is 0 Å². The molecule has 0 aliphatic rings. The zero-order valence-electron chi connectivity index (χ0n) is 15.7. The van der Waals surface area contributed by atoms with Crippen LogP contribution in [0.15, 0.2) is 71.1 Å². The molecule has 0 aliphatic heterocycles. The number of allylic oxidation sites excluding steroid dienone is 1. The first-order valence-electron chi connectivity index (χ1n) is 8.75. The second-order valence-electron chi connectivity index (χ2n) is 6.09. The average Bonchev–Trinajstić information content (AvgIpc) is 2.71. The molecule has 1 amide bonds. The maximum Gasteiger partial charge on any atom is 0.262 e. The maximum absolute atomic E-state index is 12.8. The van der Waals surface area contributed by atoms with Gasteiger partial charge in [0.2, 0.25) is 5.91 Å². The van der Waals surface area contributed by atoms with Gasteiger partial charge in [0.1, 0.15) is 5.75 Å². The highest BCUT2D eigenvalue weighted by atomic mass is 32.2. The number of carbonyl (C=O) groups is 1. The van der Waals surface area contributed by atoms with E-state index in [1.165, 1.54) is 16.3 Å². The highest BCUT2D eigenvalue weighted by Gasteiger charge is 2.19. The minimum Gasteiger partial charge on any atom is -0.497 e. The van der Waals surface area contributed by atoms with Gasteiger partial charge in [0.05, 0.1) is 23.3 Å². The minimum absolute atomic E-state index is 0.143. The van der Waals surface area contributed by atoms with Crippen LogP contribution in [0.25, 0.3) is 10.9 Å². The number of fused-ring (bicyclic) bond motifs is 1. The van der Waals surface area contributed by atoms with Gasteiger partial charge in [0, 0.05) is 12.2 Å². The molecule has 1 atom stereocenters. The lowest BCUT2D eigenvalue weighted by atomic mass is 10.2. The fraction of sp³-hybridized carbons (Fsp3) is 0.190. The smallest absolute Gasteiger partial charge is 0.262 e. The average molecular weight is 395 g/mol. The molecule has 0 saturated heterocycles. The van der Waals surface area contributed by atoms with Crippen molar-refractivity contribution in [2.45, 2.75) is 23.9 Å². The van der Waals surface area contributed by atoms with E-state index in [0.717, 1.165) is 0 Å². The van der Waals surface area contributed by atoms with Crippen LogP contribution in [0.5, 0.6) is 5.75 Å². The zero-order valence-corrected chi connectivity index (χ0v) is 16.5. The van der Waals surface area contributed by atoms with Crippen molar-refractivity contribution in [3.05, 3.63) is 71.5 Å². The van der Waals surface area contributed by atoms with Crippen LogP contribution in [0.2, 0.25) is 0 Å². The van der Waals surface area contributed by atoms with Crippen molar-refractivity contribution >= 4 is 34.3 Å². The number of nitrogens with zero attached hydrogens (tertiary/aromatic N) is 2. The summed E-state index contributed by atoms with van der Waals surface area (Å²) in [5, 5.41) is 3.45. The van der Waals surface area contributed by atoms with Crippen LogP contribution in [0.4, 0.5) is 5.69 Å². The highest BCUT2D eigenvalue weighted by Crippen LogP contribution is 2.24. The standard InChI is InChI=1S/C21H21N3O3S/c1-4-13-24-20(26)17-7-5-6-8-18(17)23-21(24)28-14(2)19(25)22-15-9-11-16(27-3)12-10-15/h4-12,14H,1,13H2,2-3H3,(H,22,25). The first kappa shape index (κ1) is 19.7. The maximum atomic E-state index is 12.8. The quantitative estimate of drug-likeness (QED) is 0.375. The lowest BCUT2D eigenvalue weighted by molar-refractivity contribution is -0.115. The zero-order chi connectivity index (χ0) is 20.1. The van der Waals surface area contributed by atoms with Gasteiger partial charge in [-0.05, 0) is 43.3 Å². The Bertz CT molecular complexity index is 1060. The van der Waals surface area contributed by atoms with E-state index in [4.69, 9.17) is 4.74 Å². The van der Waals surface area contributed by atoms with Crippen molar-refractivity contribution in [3.63, 3.8) is 0 Å². The molecule has 3 rings (SSSR count). The number of benzene rings is 2. The fourth-order valence-corrected chi connectivity index (χ4v) is 3.58. The van der Waals surface area contributed by atoms with Crippen LogP contribution in [-0.2, 0) is 11.3 Å². The van der Waals surface area contributed by atoms with Crippen molar-refractivity contribution in [2.24, 2.45) is 0 Å². The number of methoxy groups -OCH3 is 1. The first-order chi connectivity index (χ1) is 13.5. The molecule has 28 heavy (non-hydrogen) atoms. The van der Waals surface area contributed by atoms with Gasteiger partial charge in [0.25, 0.3) is 5.56 Å². The van der Waals surface area contributed by atoms with Gasteiger partial charge in [-0.3, -0.25) is 14.2 Å². The Balaban J connectivity index is 1.83. The number of carbonyl (C=O) groups excluding carboxylic acids is 1. The van der Waals surface area contributed by atoms with E-state index in [1.54, 1.807) is 62.6 Å². The van der Waals surface area contributed by atoms with Gasteiger partial charge in [-0.2, -0.15) is 0 Å². The Hall–Kier alpha value is -3.06. The third kappa shape index (κ3) is 4.26. The monoisotopic (exact) mass is 395 g/mol. The number of rotatable bonds is 7. The number of para-hydroxylation sites is 1. The molecule has 144 valence electrons. The van der Waals surface area contributed by atoms with Crippen molar-refractivity contribution in [2.75, 3.05) is 12.4 Å². The molecular formula is C21H21N3O3S. The van der Waals surface area contributed by atoms with E-state index in [0.29, 0.717) is 34.0 Å². The van der Waals surface area contributed by atoms with Crippen LogP contribution in [0.3, 0.4) is 0 Å². The van der Waals surface area contributed by atoms with Crippen molar-refractivity contribution in [1.82, 2.24) is 9.55 Å². The summed E-state index contributed by atoms with van der Waals surface area (Å²) in [5.41, 5.74) is 1.14. The first-order valence-corrected chi connectivity index (χ1v) is 9.63. The molecule has 0 aliphatic carbocycles. The summed E-state index contributed by atoms with van der Waals surface area (Å²) in [6.45, 7) is 5.82. The summed E-state index contributed by atoms with van der Waals surface area (Å²) in [7, 11) is 1.59. The van der Waals surface area contributed by atoms with Crippen LogP contribution in [-0.4, -0.2) is 27.8 Å². The molecule has 0 spiro atoms. The van der Waals surface area contributed by atoms with E-state index < -0.39 is 5.25 Å². The molecule has 0 bridgehead atoms. The Morgan fingerprint density at radius 1 is 1.29 bits per heavy atom. The predicted molar refractivity (Wildman–Crippen MR) is 113 cm³/mol. The minimum atomic E-state index is -0.453. The molecule has 0 fully saturated rings. The molecule has 0 radical (unpaired) electrons. The third-order valence-electron chi connectivity index (χ3n) is 4.15. The summed E-state index contributed by atoms with van der Waals surface area (Å²) in [6.07, 6.45) is 1.64. The molecule has 7 heteroatoms. The summed E-state index contributed by atoms with van der Waals surface area (Å²) >= 11 is 1.24. The third-order valence-corrected chi connectivity index (χ3v) is 5.24. The number of hydrogen-bond donors (Lipinski definition) is 1. The van der Waals surface area contributed by atoms with E-state index in [1.807, 2.05) is 6.07 Å². The Kier molecular flexibility index (Phi) is 6.16. The number of thioether (sulfide) groups is 1. The van der Waals surface area contributed by atoms with E-state index in [-0.39, 0.29) is 11.5 Å². The normalized spacial score (nSPS) is 11.8. The number of hydrogen-bond acceptors (Lipinski definition) is 5. The largest absolute Gasteiger partial charge is 0.497 e. The van der Waals surface area contributed by atoms with E-state index in [2.05, 4.69) is 16.9 Å². The van der Waals surface area contributed by atoms with Gasteiger partial charge in [-0.15, -0.1) is 6.58 Å². The Labute approximate surface area is 167 Å². The van der Waals surface area contributed by atoms with Crippen LogP contribution < -0.4 is 15.6 Å². The van der Waals surface area contributed by atoms with Gasteiger partial charge in [-0.1, -0.05) is 30.0 Å². The second-order valence-corrected chi connectivity index (χ2v) is 7.40. The van der Waals surface area contributed by atoms with Gasteiger partial charge >= 0.3 is 0 Å². The van der Waals surface area contributed by atoms with Crippen LogP contribution in [0, 0.1) is 0 Å². The lowest BCUT2D eigenvalue weighted by Crippen LogP contribution is -2.26. The SMILES string of the molecule is C=CCn1c(SC(C)C(=O)Nc2ccc(OC)cc2)nc2ccccc2c1=O. The van der Waals surface area contributed by atoms with Gasteiger partial charge in [0.15, 0.2) is 5.16 Å². The number of amides is 1. The summed E-state index contributed by atoms with van der Waals surface area (Å²) in [6, 6.07) is 14.3. The molecule has 6 nitrogen and oxygen atoms in total. The van der Waals surface area contributed by atoms with Gasteiger partial charge in [-0.25, -0.2) is 4.98 Å². The van der Waals surface area contributed by atoms with Gasteiger partial charge < -0.3 is 10.1 Å². The molecule has 1 heterocycles. The molecule has 1 unspecified atom stereocenters. The molecular weight excluding hydrogens is 374 g/mol. The van der Waals surface area contributed by atoms with Crippen LogP contribution >= 0.6 is 11.8 Å². The molecule has 2 aromatic carbocycles. The van der Waals surface area contributed by atoms with Crippen LogP contribution in [0.1, 0.15) is 6.92 Å². The molecule has 1 aromatic heterocycles. The topological polar surface area (TPSA) is 73.2 Å². The lowest BCUT2D eigenvalue weighted by Gasteiger charge is -2.15. The predicted octanol–water partition coefficient (Wildman–Crippen LogP) is 3.71. The molecule has 0 saturated carbocycles. The van der Waals surface area contributed by atoms with Crippen molar-refractivity contribution < 1.29 is 9.53 Å². The van der Waals surface area contributed by atoms with E-state index >= 15 is 0 Å². The summed E-state index contributed by atoms with van der Waals surface area (Å²) < 4.78 is 6.66.